The first-order valence-electron chi connectivity index (χ1n) is 6.23. The Morgan fingerprint density at radius 3 is 2.24 bits per heavy atom. The predicted molar refractivity (Wildman–Crippen MR) is 84.1 cm³/mol. The van der Waals surface area contributed by atoms with Gasteiger partial charge in [-0.2, -0.15) is 0 Å². The largest absolute Gasteiger partial charge is 0.408 e. The number of halogens is 1. The van der Waals surface area contributed by atoms with E-state index in [1.54, 1.807) is 11.8 Å². The summed E-state index contributed by atoms with van der Waals surface area (Å²) < 4.78 is 0. The lowest BCUT2D eigenvalue weighted by Gasteiger charge is -2.31. The molecule has 0 radical (unpaired) electrons. The topological polar surface area (TPSA) is 12.0 Å². The summed E-state index contributed by atoms with van der Waals surface area (Å²) in [7, 11) is -1.39. The van der Waals surface area contributed by atoms with E-state index in [9.17, 15) is 0 Å². The Kier molecular flexibility index (Phi) is 5.90. The fourth-order valence-corrected chi connectivity index (χ4v) is 5.93. The smallest absolute Gasteiger partial charge is 0.152 e. The van der Waals surface area contributed by atoms with Gasteiger partial charge in [0.2, 0.25) is 0 Å². The Labute approximate surface area is 115 Å². The molecule has 0 aliphatic rings. The average molecular weight is 288 g/mol. The van der Waals surface area contributed by atoms with Crippen LogP contribution < -0.4 is 4.98 Å². The lowest BCUT2D eigenvalue weighted by Crippen LogP contribution is -2.41. The van der Waals surface area contributed by atoms with Crippen LogP contribution in [-0.2, 0) is 0 Å². The second-order valence-electron chi connectivity index (χ2n) is 4.28. The lowest BCUT2D eigenvalue weighted by atomic mass is 10.3. The molecule has 0 aliphatic heterocycles. The summed E-state index contributed by atoms with van der Waals surface area (Å²) >= 11 is 8.09. The summed E-state index contributed by atoms with van der Waals surface area (Å²) in [4.78, 5) is 5.07. The molecule has 0 aliphatic carbocycles. The van der Waals surface area contributed by atoms with Crippen LogP contribution in [0.2, 0.25) is 23.2 Å². The minimum absolute atomic E-state index is 0.851. The standard InChI is InChI=1S/C13H22ClNSSi/c1-5-17(6-2,7-3)15-13-11(14)9-8-10-12(13)16-4/h8-10,15H,5-7H2,1-4H3. The molecule has 4 heteroatoms. The van der Waals surface area contributed by atoms with Gasteiger partial charge < -0.3 is 4.98 Å². The number of hydrogen-bond acceptors (Lipinski definition) is 2. The Morgan fingerprint density at radius 1 is 1.18 bits per heavy atom. The van der Waals surface area contributed by atoms with Gasteiger partial charge in [-0.15, -0.1) is 11.8 Å². The van der Waals surface area contributed by atoms with Gasteiger partial charge in [0.15, 0.2) is 8.24 Å². The van der Waals surface area contributed by atoms with E-state index in [0.29, 0.717) is 0 Å². The minimum Gasteiger partial charge on any atom is -0.408 e. The van der Waals surface area contributed by atoms with Crippen molar-refractivity contribution in [3.8, 4) is 0 Å². The molecule has 0 saturated heterocycles. The van der Waals surface area contributed by atoms with E-state index in [4.69, 9.17) is 11.6 Å². The van der Waals surface area contributed by atoms with Gasteiger partial charge in [-0.1, -0.05) is 38.4 Å². The molecule has 0 unspecified atom stereocenters. The first-order valence-corrected chi connectivity index (χ1v) is 10.5. The molecule has 0 amide bonds. The van der Waals surface area contributed by atoms with Gasteiger partial charge in [0.05, 0.1) is 10.7 Å². The molecular formula is C13H22ClNSSi. The van der Waals surface area contributed by atoms with E-state index in [0.717, 1.165) is 10.7 Å². The molecule has 17 heavy (non-hydrogen) atoms. The van der Waals surface area contributed by atoms with Crippen LogP contribution in [0.1, 0.15) is 20.8 Å². The van der Waals surface area contributed by atoms with E-state index < -0.39 is 8.24 Å². The molecule has 1 rings (SSSR count). The Hall–Kier alpha value is -0.123. The normalized spacial score (nSPS) is 11.6. The monoisotopic (exact) mass is 287 g/mol. The highest BCUT2D eigenvalue weighted by Gasteiger charge is 2.28. The molecule has 1 aromatic carbocycles. The van der Waals surface area contributed by atoms with Crippen LogP contribution in [0.15, 0.2) is 23.1 Å². The molecular weight excluding hydrogens is 266 g/mol. The number of rotatable bonds is 6. The molecule has 0 atom stereocenters. The fraction of sp³-hybridized carbons (Fsp3) is 0.538. The van der Waals surface area contributed by atoms with Crippen LogP contribution in [-0.4, -0.2) is 14.5 Å². The molecule has 0 spiro atoms. The first kappa shape index (κ1) is 14.9. The van der Waals surface area contributed by atoms with Gasteiger partial charge >= 0.3 is 0 Å². The van der Waals surface area contributed by atoms with Crippen LogP contribution >= 0.6 is 23.4 Å². The molecule has 96 valence electrons. The zero-order chi connectivity index (χ0) is 12.9. The van der Waals surface area contributed by atoms with Crippen molar-refractivity contribution in [2.75, 3.05) is 11.2 Å². The second kappa shape index (κ2) is 6.71. The summed E-state index contributed by atoms with van der Waals surface area (Å²) in [5.41, 5.74) is 1.15. The van der Waals surface area contributed by atoms with Crippen LogP contribution in [0.5, 0.6) is 0 Å². The van der Waals surface area contributed by atoms with Gasteiger partial charge in [0.1, 0.15) is 0 Å². The molecule has 1 aromatic rings. The van der Waals surface area contributed by atoms with Gasteiger partial charge in [-0.3, -0.25) is 0 Å². The summed E-state index contributed by atoms with van der Waals surface area (Å²) in [5.74, 6) is 0. The maximum Gasteiger partial charge on any atom is 0.152 e. The van der Waals surface area contributed by atoms with Gasteiger partial charge in [0, 0.05) is 4.90 Å². The van der Waals surface area contributed by atoms with Crippen molar-refractivity contribution >= 4 is 37.3 Å². The Bertz CT molecular complexity index is 358. The number of hydrogen-bond donors (Lipinski definition) is 1. The number of benzene rings is 1. The SMILES string of the molecule is CC[Si](CC)(CC)Nc1c(Cl)cccc1SC. The highest BCUT2D eigenvalue weighted by atomic mass is 35.5. The van der Waals surface area contributed by atoms with E-state index >= 15 is 0 Å². The summed E-state index contributed by atoms with van der Waals surface area (Å²) in [6, 6.07) is 9.88. The van der Waals surface area contributed by atoms with Gasteiger partial charge in [0.25, 0.3) is 0 Å². The van der Waals surface area contributed by atoms with Crippen molar-refractivity contribution in [2.24, 2.45) is 0 Å². The molecule has 1 nitrogen and oxygen atoms in total. The quantitative estimate of drug-likeness (QED) is 0.549. The molecule has 1 N–H and O–H groups in total. The highest BCUT2D eigenvalue weighted by molar-refractivity contribution is 7.98. The second-order valence-corrected chi connectivity index (χ2v) is 10.5. The van der Waals surface area contributed by atoms with Crippen molar-refractivity contribution < 1.29 is 0 Å². The number of thioether (sulfide) groups is 1. The number of nitrogens with one attached hydrogen (secondary N) is 1. The summed E-state index contributed by atoms with van der Waals surface area (Å²) in [6.45, 7) is 6.88. The zero-order valence-electron chi connectivity index (χ0n) is 11.1. The van der Waals surface area contributed by atoms with Crippen molar-refractivity contribution in [3.05, 3.63) is 23.2 Å². The minimum atomic E-state index is -1.39. The zero-order valence-corrected chi connectivity index (χ0v) is 13.7. The van der Waals surface area contributed by atoms with Crippen molar-refractivity contribution in [1.29, 1.82) is 0 Å². The van der Waals surface area contributed by atoms with Gasteiger partial charge in [-0.25, -0.2) is 0 Å². The summed E-state index contributed by atoms with van der Waals surface area (Å²) in [5, 5.41) is 0.851. The number of para-hydroxylation sites is 1. The van der Waals surface area contributed by atoms with Crippen molar-refractivity contribution in [3.63, 3.8) is 0 Å². The lowest BCUT2D eigenvalue weighted by molar-refractivity contribution is 1.16. The fourth-order valence-electron chi connectivity index (χ4n) is 2.08. The van der Waals surface area contributed by atoms with Crippen LogP contribution in [0.25, 0.3) is 0 Å². The van der Waals surface area contributed by atoms with Crippen LogP contribution in [0, 0.1) is 0 Å². The third-order valence-electron chi connectivity index (χ3n) is 3.62. The third kappa shape index (κ3) is 3.43. The van der Waals surface area contributed by atoms with Crippen LogP contribution in [0.4, 0.5) is 5.69 Å². The molecule has 0 aromatic heterocycles. The first-order chi connectivity index (χ1) is 8.12. The maximum atomic E-state index is 6.33. The van der Waals surface area contributed by atoms with E-state index in [2.05, 4.69) is 38.1 Å². The Balaban J connectivity index is 3.08. The molecule has 0 saturated carbocycles. The van der Waals surface area contributed by atoms with Crippen molar-refractivity contribution in [2.45, 2.75) is 43.8 Å². The highest BCUT2D eigenvalue weighted by Crippen LogP contribution is 2.35. The predicted octanol–water partition coefficient (Wildman–Crippen LogP) is 5.48. The van der Waals surface area contributed by atoms with Crippen LogP contribution in [0.3, 0.4) is 0 Å². The average Bonchev–Trinajstić information content (AvgIpc) is 2.38. The summed E-state index contributed by atoms with van der Waals surface area (Å²) in [6.07, 6.45) is 2.10. The molecule has 0 bridgehead atoms. The number of anilines is 1. The van der Waals surface area contributed by atoms with Gasteiger partial charge in [-0.05, 0) is 36.5 Å². The van der Waals surface area contributed by atoms with E-state index in [1.807, 2.05) is 12.1 Å². The molecule has 0 fully saturated rings. The van der Waals surface area contributed by atoms with Crippen molar-refractivity contribution in [1.82, 2.24) is 0 Å². The maximum absolute atomic E-state index is 6.33. The molecule has 0 heterocycles. The van der Waals surface area contributed by atoms with E-state index in [1.165, 1.54) is 23.0 Å². The van der Waals surface area contributed by atoms with E-state index in [-0.39, 0.29) is 0 Å². The third-order valence-corrected chi connectivity index (χ3v) is 9.55. The Morgan fingerprint density at radius 2 is 1.76 bits per heavy atom.